The summed E-state index contributed by atoms with van der Waals surface area (Å²) in [5.74, 6) is -0.0112. The van der Waals surface area contributed by atoms with Crippen LogP contribution in [0.1, 0.15) is 37.8 Å². The van der Waals surface area contributed by atoms with E-state index in [4.69, 9.17) is 10.5 Å². The number of likely N-dealkylation sites (tertiary alicyclic amines) is 1. The first-order valence-electron chi connectivity index (χ1n) is 7.07. The number of ether oxygens (including phenoxy) is 1. The van der Waals surface area contributed by atoms with Crippen molar-refractivity contribution < 1.29 is 9.13 Å². The molecular weight excluding hydrogens is 243 g/mol. The van der Waals surface area contributed by atoms with E-state index >= 15 is 0 Å². The van der Waals surface area contributed by atoms with E-state index in [9.17, 15) is 4.39 Å². The van der Waals surface area contributed by atoms with Crippen molar-refractivity contribution in [1.82, 2.24) is 4.90 Å². The molecule has 0 unspecified atom stereocenters. The van der Waals surface area contributed by atoms with Gasteiger partial charge in [0.05, 0.1) is 0 Å². The highest BCUT2D eigenvalue weighted by Gasteiger charge is 2.14. The summed E-state index contributed by atoms with van der Waals surface area (Å²) < 4.78 is 19.4. The molecule has 1 aromatic rings. The smallest absolute Gasteiger partial charge is 0.165 e. The van der Waals surface area contributed by atoms with Gasteiger partial charge < -0.3 is 10.5 Å². The Morgan fingerprint density at radius 3 is 2.74 bits per heavy atom. The van der Waals surface area contributed by atoms with Gasteiger partial charge in [-0.1, -0.05) is 18.6 Å². The Balaban J connectivity index is 1.91. The van der Waals surface area contributed by atoms with Crippen LogP contribution in [-0.2, 0) is 0 Å². The fourth-order valence-corrected chi connectivity index (χ4v) is 2.50. The van der Waals surface area contributed by atoms with Crippen LogP contribution < -0.4 is 10.5 Å². The van der Waals surface area contributed by atoms with Crippen molar-refractivity contribution in [3.63, 3.8) is 0 Å². The third-order valence-corrected chi connectivity index (χ3v) is 3.59. The summed E-state index contributed by atoms with van der Waals surface area (Å²) in [6, 6.07) is 4.69. The SMILES string of the molecule is C[C@H](N)c1cccc(F)c1OCCN1CCCCC1. The quantitative estimate of drug-likeness (QED) is 0.890. The van der Waals surface area contributed by atoms with Gasteiger partial charge in [-0.2, -0.15) is 0 Å². The van der Waals surface area contributed by atoms with Gasteiger partial charge in [0.2, 0.25) is 0 Å². The van der Waals surface area contributed by atoms with Crippen molar-refractivity contribution >= 4 is 0 Å². The fourth-order valence-electron chi connectivity index (χ4n) is 2.50. The van der Waals surface area contributed by atoms with Crippen molar-refractivity contribution in [1.29, 1.82) is 0 Å². The third kappa shape index (κ3) is 3.91. The molecule has 106 valence electrons. The van der Waals surface area contributed by atoms with Crippen LogP contribution in [0.15, 0.2) is 18.2 Å². The number of nitrogens with two attached hydrogens (primary N) is 1. The number of piperidine rings is 1. The van der Waals surface area contributed by atoms with Gasteiger partial charge in [0.15, 0.2) is 11.6 Å². The molecular formula is C15H23FN2O. The minimum absolute atomic E-state index is 0.222. The Labute approximate surface area is 114 Å². The van der Waals surface area contributed by atoms with E-state index in [1.165, 1.54) is 25.3 Å². The van der Waals surface area contributed by atoms with Crippen LogP contribution in [0, 0.1) is 5.82 Å². The molecule has 0 aliphatic carbocycles. The number of halogens is 1. The molecule has 1 aliphatic rings. The molecule has 1 saturated heterocycles. The lowest BCUT2D eigenvalue weighted by molar-refractivity contribution is 0.179. The highest BCUT2D eigenvalue weighted by Crippen LogP contribution is 2.26. The molecule has 1 heterocycles. The fraction of sp³-hybridized carbons (Fsp3) is 0.600. The van der Waals surface area contributed by atoms with Gasteiger partial charge in [-0.25, -0.2) is 4.39 Å². The van der Waals surface area contributed by atoms with Crippen LogP contribution in [0.25, 0.3) is 0 Å². The number of hydrogen-bond donors (Lipinski definition) is 1. The van der Waals surface area contributed by atoms with Gasteiger partial charge in [-0.15, -0.1) is 0 Å². The van der Waals surface area contributed by atoms with Gasteiger partial charge in [-0.05, 0) is 38.9 Å². The van der Waals surface area contributed by atoms with Crippen LogP contribution >= 0.6 is 0 Å². The highest BCUT2D eigenvalue weighted by molar-refractivity contribution is 5.36. The van der Waals surface area contributed by atoms with Crippen molar-refractivity contribution in [3.05, 3.63) is 29.6 Å². The molecule has 19 heavy (non-hydrogen) atoms. The number of hydrogen-bond acceptors (Lipinski definition) is 3. The van der Waals surface area contributed by atoms with E-state index in [2.05, 4.69) is 4.90 Å². The highest BCUT2D eigenvalue weighted by atomic mass is 19.1. The van der Waals surface area contributed by atoms with E-state index in [1.807, 2.05) is 13.0 Å². The van der Waals surface area contributed by atoms with Crippen LogP contribution in [0.5, 0.6) is 5.75 Å². The first-order chi connectivity index (χ1) is 9.18. The van der Waals surface area contributed by atoms with Crippen molar-refractivity contribution in [2.75, 3.05) is 26.2 Å². The Hall–Kier alpha value is -1.13. The minimum Gasteiger partial charge on any atom is -0.489 e. The molecule has 4 heteroatoms. The summed E-state index contributed by atoms with van der Waals surface area (Å²) in [6.07, 6.45) is 3.83. The summed E-state index contributed by atoms with van der Waals surface area (Å²) in [6.45, 7) is 5.46. The molecule has 3 nitrogen and oxygen atoms in total. The molecule has 1 aromatic carbocycles. The summed E-state index contributed by atoms with van der Waals surface area (Å²) >= 11 is 0. The zero-order chi connectivity index (χ0) is 13.7. The van der Waals surface area contributed by atoms with Crippen molar-refractivity contribution in [2.24, 2.45) is 5.73 Å². The molecule has 1 atom stereocenters. The average molecular weight is 266 g/mol. The normalized spacial score (nSPS) is 18.3. The van der Waals surface area contributed by atoms with E-state index in [0.717, 1.165) is 25.2 Å². The largest absolute Gasteiger partial charge is 0.489 e. The minimum atomic E-state index is -0.326. The summed E-state index contributed by atoms with van der Waals surface area (Å²) in [7, 11) is 0. The molecule has 0 radical (unpaired) electrons. The van der Waals surface area contributed by atoms with Crippen molar-refractivity contribution in [2.45, 2.75) is 32.2 Å². The van der Waals surface area contributed by atoms with Crippen LogP contribution in [-0.4, -0.2) is 31.1 Å². The number of rotatable bonds is 5. The lowest BCUT2D eigenvalue weighted by Gasteiger charge is -2.26. The second-order valence-corrected chi connectivity index (χ2v) is 5.20. The molecule has 0 saturated carbocycles. The Morgan fingerprint density at radius 2 is 2.05 bits per heavy atom. The molecule has 0 bridgehead atoms. The molecule has 2 N–H and O–H groups in total. The molecule has 1 aliphatic heterocycles. The molecule has 0 aromatic heterocycles. The van der Waals surface area contributed by atoms with Crippen molar-refractivity contribution in [3.8, 4) is 5.75 Å². The Kier molecular flexibility index (Phi) is 5.16. The molecule has 0 spiro atoms. The zero-order valence-electron chi connectivity index (χ0n) is 11.6. The van der Waals surface area contributed by atoms with E-state index < -0.39 is 0 Å². The van der Waals surface area contributed by atoms with Crippen LogP contribution in [0.2, 0.25) is 0 Å². The zero-order valence-corrected chi connectivity index (χ0v) is 11.6. The predicted molar refractivity (Wildman–Crippen MR) is 74.8 cm³/mol. The monoisotopic (exact) mass is 266 g/mol. The summed E-state index contributed by atoms with van der Waals surface area (Å²) in [4.78, 5) is 2.37. The van der Waals surface area contributed by atoms with E-state index in [-0.39, 0.29) is 11.9 Å². The summed E-state index contributed by atoms with van der Waals surface area (Å²) in [5, 5.41) is 0. The van der Waals surface area contributed by atoms with Gasteiger partial charge in [0, 0.05) is 18.2 Å². The second-order valence-electron chi connectivity index (χ2n) is 5.20. The second kappa shape index (κ2) is 6.87. The number of benzene rings is 1. The lowest BCUT2D eigenvalue weighted by Crippen LogP contribution is -2.33. The Bertz CT molecular complexity index is 403. The van der Waals surface area contributed by atoms with Gasteiger partial charge in [0.25, 0.3) is 0 Å². The summed E-state index contributed by atoms with van der Waals surface area (Å²) in [5.41, 5.74) is 6.58. The van der Waals surface area contributed by atoms with E-state index in [0.29, 0.717) is 12.4 Å². The molecule has 0 amide bonds. The van der Waals surface area contributed by atoms with Crippen LogP contribution in [0.3, 0.4) is 0 Å². The molecule has 1 fully saturated rings. The Morgan fingerprint density at radius 1 is 1.32 bits per heavy atom. The van der Waals surface area contributed by atoms with Crippen LogP contribution in [0.4, 0.5) is 4.39 Å². The lowest BCUT2D eigenvalue weighted by atomic mass is 10.1. The predicted octanol–water partition coefficient (Wildman–Crippen LogP) is 2.71. The first-order valence-corrected chi connectivity index (χ1v) is 7.07. The van der Waals surface area contributed by atoms with Gasteiger partial charge >= 0.3 is 0 Å². The number of nitrogens with zero attached hydrogens (tertiary/aromatic N) is 1. The van der Waals surface area contributed by atoms with E-state index in [1.54, 1.807) is 6.07 Å². The molecule has 2 rings (SSSR count). The van der Waals surface area contributed by atoms with Gasteiger partial charge in [0.1, 0.15) is 6.61 Å². The van der Waals surface area contributed by atoms with Gasteiger partial charge in [-0.3, -0.25) is 4.90 Å². The number of para-hydroxylation sites is 1. The maximum absolute atomic E-state index is 13.8. The topological polar surface area (TPSA) is 38.5 Å². The third-order valence-electron chi connectivity index (χ3n) is 3.59. The first kappa shape index (κ1) is 14.3. The average Bonchev–Trinajstić information content (AvgIpc) is 2.41. The maximum Gasteiger partial charge on any atom is 0.165 e. The maximum atomic E-state index is 13.8. The standard InChI is InChI=1S/C15H23FN2O/c1-12(17)13-6-5-7-14(16)15(13)19-11-10-18-8-3-2-4-9-18/h5-7,12H,2-4,8-11,17H2,1H3/t12-/m0/s1.